The molecular formula is C12H21NO5. The van der Waals surface area contributed by atoms with Crippen molar-refractivity contribution in [3.8, 4) is 0 Å². The smallest absolute Gasteiger partial charge is 0.326 e. The number of amides is 1. The van der Waals surface area contributed by atoms with Crippen LogP contribution in [0.5, 0.6) is 0 Å². The van der Waals surface area contributed by atoms with Gasteiger partial charge in [-0.25, -0.2) is 4.79 Å². The summed E-state index contributed by atoms with van der Waals surface area (Å²) in [6, 6.07) is -1.13. The Kier molecular flexibility index (Phi) is 6.36. The largest absolute Gasteiger partial charge is 0.481 e. The first-order valence-electron chi connectivity index (χ1n) is 5.86. The number of carbonyl (C=O) groups is 3. The van der Waals surface area contributed by atoms with Gasteiger partial charge >= 0.3 is 11.9 Å². The van der Waals surface area contributed by atoms with Gasteiger partial charge in [-0.2, -0.15) is 0 Å². The van der Waals surface area contributed by atoms with E-state index >= 15 is 0 Å². The number of carbonyl (C=O) groups excluding carboxylic acids is 1. The summed E-state index contributed by atoms with van der Waals surface area (Å²) in [6.45, 7) is 5.96. The predicted octanol–water partition coefficient (Wildman–Crippen LogP) is 1.25. The minimum absolute atomic E-state index is 0.00285. The normalized spacial score (nSPS) is 12.8. The Morgan fingerprint density at radius 3 is 2.06 bits per heavy atom. The summed E-state index contributed by atoms with van der Waals surface area (Å²) in [4.78, 5) is 32.7. The number of hydrogen-bond acceptors (Lipinski definition) is 3. The number of hydrogen-bond donors (Lipinski definition) is 3. The van der Waals surface area contributed by atoms with Gasteiger partial charge in [0.2, 0.25) is 5.91 Å². The van der Waals surface area contributed by atoms with Gasteiger partial charge in [0.25, 0.3) is 0 Å². The van der Waals surface area contributed by atoms with E-state index < -0.39 is 18.0 Å². The highest BCUT2D eigenvalue weighted by Gasteiger charge is 2.21. The Labute approximate surface area is 106 Å². The molecular weight excluding hydrogens is 238 g/mol. The molecule has 0 rings (SSSR count). The lowest BCUT2D eigenvalue weighted by atomic mass is 9.90. The highest BCUT2D eigenvalue weighted by Crippen LogP contribution is 2.20. The second-order valence-corrected chi connectivity index (χ2v) is 5.45. The Morgan fingerprint density at radius 2 is 1.67 bits per heavy atom. The molecule has 0 aromatic rings. The maximum absolute atomic E-state index is 11.5. The first kappa shape index (κ1) is 16.4. The third-order valence-corrected chi connectivity index (χ3v) is 2.38. The minimum atomic E-state index is -1.21. The topological polar surface area (TPSA) is 104 Å². The molecule has 0 saturated carbocycles. The zero-order valence-corrected chi connectivity index (χ0v) is 11.0. The molecule has 1 atom stereocenters. The van der Waals surface area contributed by atoms with E-state index in [0.29, 0.717) is 6.42 Å². The van der Waals surface area contributed by atoms with Gasteiger partial charge in [0.1, 0.15) is 6.04 Å². The van der Waals surface area contributed by atoms with Crippen molar-refractivity contribution in [3.63, 3.8) is 0 Å². The van der Waals surface area contributed by atoms with Crippen LogP contribution in [0.1, 0.15) is 46.5 Å². The average Bonchev–Trinajstić information content (AvgIpc) is 2.19. The van der Waals surface area contributed by atoms with E-state index in [2.05, 4.69) is 5.32 Å². The molecule has 0 saturated heterocycles. The van der Waals surface area contributed by atoms with Gasteiger partial charge in [0.15, 0.2) is 0 Å². The summed E-state index contributed by atoms with van der Waals surface area (Å²) in [7, 11) is 0. The molecule has 0 bridgehead atoms. The first-order chi connectivity index (χ1) is 8.11. The van der Waals surface area contributed by atoms with E-state index in [1.54, 1.807) is 0 Å². The first-order valence-corrected chi connectivity index (χ1v) is 5.86. The van der Waals surface area contributed by atoms with Crippen molar-refractivity contribution in [3.05, 3.63) is 0 Å². The molecule has 0 fully saturated rings. The summed E-state index contributed by atoms with van der Waals surface area (Å²) in [5, 5.41) is 19.7. The lowest BCUT2D eigenvalue weighted by Crippen LogP contribution is -2.41. The van der Waals surface area contributed by atoms with Crippen LogP contribution in [0, 0.1) is 5.41 Å². The maximum Gasteiger partial charge on any atom is 0.326 e. The Hall–Kier alpha value is -1.59. The van der Waals surface area contributed by atoms with E-state index in [4.69, 9.17) is 10.2 Å². The number of carboxylic acids is 2. The van der Waals surface area contributed by atoms with Gasteiger partial charge in [0.05, 0.1) is 0 Å². The van der Waals surface area contributed by atoms with Crippen molar-refractivity contribution in [1.29, 1.82) is 0 Å². The molecule has 3 N–H and O–H groups in total. The van der Waals surface area contributed by atoms with Gasteiger partial charge in [-0.1, -0.05) is 20.8 Å². The van der Waals surface area contributed by atoms with E-state index in [0.717, 1.165) is 0 Å². The summed E-state index contributed by atoms with van der Waals surface area (Å²) in [6.07, 6.45) is 0.493. The molecule has 104 valence electrons. The van der Waals surface area contributed by atoms with Gasteiger partial charge in [-0.05, 0) is 18.3 Å². The number of aliphatic carboxylic acids is 2. The van der Waals surface area contributed by atoms with Crippen LogP contribution in [0.4, 0.5) is 0 Å². The summed E-state index contributed by atoms with van der Waals surface area (Å²) in [5.41, 5.74) is -0.00285. The molecule has 18 heavy (non-hydrogen) atoms. The summed E-state index contributed by atoms with van der Waals surface area (Å²) < 4.78 is 0. The molecule has 0 unspecified atom stereocenters. The fourth-order valence-electron chi connectivity index (χ4n) is 1.28. The second kappa shape index (κ2) is 6.98. The molecule has 0 radical (unpaired) electrons. The van der Waals surface area contributed by atoms with Gasteiger partial charge in [0, 0.05) is 12.8 Å². The molecule has 0 aromatic carbocycles. The fraction of sp³-hybridized carbons (Fsp3) is 0.750. The van der Waals surface area contributed by atoms with E-state index in [1.165, 1.54) is 0 Å². The second-order valence-electron chi connectivity index (χ2n) is 5.45. The van der Waals surface area contributed by atoms with Crippen LogP contribution < -0.4 is 5.32 Å². The zero-order valence-electron chi connectivity index (χ0n) is 11.0. The maximum atomic E-state index is 11.5. The van der Waals surface area contributed by atoms with Crippen LogP contribution in [0.25, 0.3) is 0 Å². The van der Waals surface area contributed by atoms with Gasteiger partial charge < -0.3 is 15.5 Å². The number of carboxylic acid groups (broad SMARTS) is 2. The minimum Gasteiger partial charge on any atom is -0.481 e. The van der Waals surface area contributed by atoms with Gasteiger partial charge in [-0.15, -0.1) is 0 Å². The highest BCUT2D eigenvalue weighted by atomic mass is 16.4. The van der Waals surface area contributed by atoms with E-state index in [9.17, 15) is 14.4 Å². The lowest BCUT2D eigenvalue weighted by Gasteiger charge is -2.19. The van der Waals surface area contributed by atoms with Crippen molar-refractivity contribution in [2.24, 2.45) is 5.41 Å². The SMILES string of the molecule is CC(C)(C)CCC(=O)N[C@@H](CCC(=O)O)C(=O)O. The molecule has 0 aromatic heterocycles. The van der Waals surface area contributed by atoms with Crippen molar-refractivity contribution in [1.82, 2.24) is 5.32 Å². The lowest BCUT2D eigenvalue weighted by molar-refractivity contribution is -0.143. The Bertz CT molecular complexity index is 319. The fourth-order valence-corrected chi connectivity index (χ4v) is 1.28. The van der Waals surface area contributed by atoms with Crippen LogP contribution in [-0.2, 0) is 14.4 Å². The van der Waals surface area contributed by atoms with Crippen LogP contribution >= 0.6 is 0 Å². The molecule has 6 nitrogen and oxygen atoms in total. The molecule has 1 amide bonds. The zero-order chi connectivity index (χ0) is 14.3. The van der Waals surface area contributed by atoms with E-state index in [1.807, 2.05) is 20.8 Å². The van der Waals surface area contributed by atoms with Crippen LogP contribution in [0.3, 0.4) is 0 Å². The summed E-state index contributed by atoms with van der Waals surface area (Å²) in [5.74, 6) is -2.65. The van der Waals surface area contributed by atoms with Crippen LogP contribution in [-0.4, -0.2) is 34.1 Å². The summed E-state index contributed by atoms with van der Waals surface area (Å²) >= 11 is 0. The molecule has 0 aliphatic rings. The van der Waals surface area contributed by atoms with Crippen molar-refractivity contribution >= 4 is 17.8 Å². The molecule has 0 aliphatic heterocycles. The number of nitrogens with one attached hydrogen (secondary N) is 1. The standard InChI is InChI=1S/C12H21NO5/c1-12(2,3)7-6-9(14)13-8(11(17)18)4-5-10(15)16/h8H,4-7H2,1-3H3,(H,13,14)(H,15,16)(H,17,18)/t8-/m0/s1. The van der Waals surface area contributed by atoms with Crippen molar-refractivity contribution in [2.45, 2.75) is 52.5 Å². The molecule has 0 spiro atoms. The van der Waals surface area contributed by atoms with E-state index in [-0.39, 0.29) is 30.6 Å². The van der Waals surface area contributed by atoms with Crippen LogP contribution in [0.15, 0.2) is 0 Å². The monoisotopic (exact) mass is 259 g/mol. The Morgan fingerprint density at radius 1 is 1.11 bits per heavy atom. The quantitative estimate of drug-likeness (QED) is 0.638. The van der Waals surface area contributed by atoms with Gasteiger partial charge in [-0.3, -0.25) is 9.59 Å². The average molecular weight is 259 g/mol. The molecule has 0 heterocycles. The van der Waals surface area contributed by atoms with Crippen molar-refractivity contribution in [2.75, 3.05) is 0 Å². The Balaban J connectivity index is 4.20. The van der Waals surface area contributed by atoms with Crippen LogP contribution in [0.2, 0.25) is 0 Å². The van der Waals surface area contributed by atoms with Crippen molar-refractivity contribution < 1.29 is 24.6 Å². The third kappa shape index (κ3) is 8.55. The molecule has 0 aliphatic carbocycles. The predicted molar refractivity (Wildman–Crippen MR) is 65.1 cm³/mol. The third-order valence-electron chi connectivity index (χ3n) is 2.38. The molecule has 6 heteroatoms. The highest BCUT2D eigenvalue weighted by molar-refractivity contribution is 5.83. The number of rotatable bonds is 7.